The van der Waals surface area contributed by atoms with E-state index in [-0.39, 0.29) is 30.0 Å². The van der Waals surface area contributed by atoms with Gasteiger partial charge in [-0.3, -0.25) is 0 Å². The Labute approximate surface area is 162 Å². The van der Waals surface area contributed by atoms with Crippen molar-refractivity contribution in [2.45, 2.75) is 57.7 Å². The molecule has 1 heterocycles. The smallest absolute Gasteiger partial charge is 0.407 e. The number of carbonyl (C=O) groups excluding carboxylic acids is 1. The summed E-state index contributed by atoms with van der Waals surface area (Å²) in [5.74, 6) is -3.24. The van der Waals surface area contributed by atoms with Gasteiger partial charge in [0.15, 0.2) is 11.6 Å². The maximum absolute atomic E-state index is 15.1. The number of hydrogen-bond acceptors (Lipinski definition) is 5. The van der Waals surface area contributed by atoms with E-state index in [1.165, 1.54) is 4.90 Å². The number of alkyl carbamates (subject to hydrolysis) is 1. The van der Waals surface area contributed by atoms with Crippen LogP contribution >= 0.6 is 0 Å². The van der Waals surface area contributed by atoms with Crippen molar-refractivity contribution in [3.05, 3.63) is 23.3 Å². The molecule has 0 spiro atoms. The third-order valence-electron chi connectivity index (χ3n) is 4.58. The molecular formula is C19H25F2N3O4. The molecule has 2 aliphatic rings. The summed E-state index contributed by atoms with van der Waals surface area (Å²) in [7, 11) is 0. The number of nitrogens with one attached hydrogen (secondary N) is 2. The van der Waals surface area contributed by atoms with E-state index in [9.17, 15) is 19.1 Å². The van der Waals surface area contributed by atoms with Crippen LogP contribution in [0.15, 0.2) is 6.07 Å². The number of carboxylic acid groups (broad SMARTS) is 1. The molecule has 1 aromatic carbocycles. The molecule has 1 amide bonds. The summed E-state index contributed by atoms with van der Waals surface area (Å²) in [4.78, 5) is 24.8. The minimum Gasteiger partial charge on any atom is -0.478 e. The molecule has 0 aromatic heterocycles. The molecule has 1 saturated carbocycles. The van der Waals surface area contributed by atoms with Crippen LogP contribution in [0.5, 0.6) is 0 Å². The van der Waals surface area contributed by atoms with E-state index in [1.807, 2.05) is 0 Å². The number of amides is 1. The van der Waals surface area contributed by atoms with Gasteiger partial charge in [0.05, 0.1) is 17.3 Å². The highest BCUT2D eigenvalue weighted by atomic mass is 19.1. The Balaban J connectivity index is 1.78. The lowest BCUT2D eigenvalue weighted by atomic mass is 10.1. The number of rotatable bonds is 5. The number of ether oxygens (including phenoxy) is 1. The van der Waals surface area contributed by atoms with Gasteiger partial charge in [-0.25, -0.2) is 18.4 Å². The van der Waals surface area contributed by atoms with Crippen LogP contribution in [0, 0.1) is 11.6 Å². The highest BCUT2D eigenvalue weighted by Crippen LogP contribution is 2.37. The van der Waals surface area contributed by atoms with Gasteiger partial charge in [0.2, 0.25) is 0 Å². The van der Waals surface area contributed by atoms with Gasteiger partial charge in [-0.1, -0.05) is 0 Å². The fourth-order valence-corrected chi connectivity index (χ4v) is 3.20. The molecule has 1 aliphatic carbocycles. The Morgan fingerprint density at radius 2 is 1.89 bits per heavy atom. The Hall–Kier alpha value is -2.58. The summed E-state index contributed by atoms with van der Waals surface area (Å²) in [5.41, 5.74) is -1.53. The second-order valence-electron chi connectivity index (χ2n) is 8.25. The number of anilines is 2. The van der Waals surface area contributed by atoms with E-state index < -0.39 is 34.9 Å². The molecule has 0 unspecified atom stereocenters. The van der Waals surface area contributed by atoms with Crippen LogP contribution in [0.4, 0.5) is 25.0 Å². The van der Waals surface area contributed by atoms with Crippen LogP contribution in [0.1, 0.15) is 50.4 Å². The fraction of sp³-hybridized carbons (Fsp3) is 0.579. The molecule has 28 heavy (non-hydrogen) atoms. The minimum absolute atomic E-state index is 0.00562. The normalized spacial score (nSPS) is 19.5. The number of nitrogens with zero attached hydrogens (tertiary/aromatic N) is 1. The van der Waals surface area contributed by atoms with Gasteiger partial charge in [-0.2, -0.15) is 0 Å². The first kappa shape index (κ1) is 20.2. The molecule has 0 bridgehead atoms. The van der Waals surface area contributed by atoms with Crippen LogP contribution in [-0.4, -0.2) is 47.9 Å². The topological polar surface area (TPSA) is 90.9 Å². The average Bonchev–Trinajstić information content (AvgIpc) is 3.26. The molecule has 154 valence electrons. The molecule has 1 atom stereocenters. The molecule has 3 N–H and O–H groups in total. The monoisotopic (exact) mass is 397 g/mol. The van der Waals surface area contributed by atoms with E-state index in [2.05, 4.69) is 10.6 Å². The molecular weight excluding hydrogens is 372 g/mol. The van der Waals surface area contributed by atoms with Gasteiger partial charge < -0.3 is 25.4 Å². The predicted octanol–water partition coefficient (Wildman–Crippen LogP) is 3.34. The number of benzene rings is 1. The van der Waals surface area contributed by atoms with Gasteiger partial charge >= 0.3 is 12.1 Å². The van der Waals surface area contributed by atoms with Crippen LogP contribution in [0.25, 0.3) is 0 Å². The molecule has 7 nitrogen and oxygen atoms in total. The van der Waals surface area contributed by atoms with Crippen LogP contribution < -0.4 is 15.5 Å². The second-order valence-corrected chi connectivity index (χ2v) is 8.25. The summed E-state index contributed by atoms with van der Waals surface area (Å²) in [5, 5.41) is 14.8. The maximum atomic E-state index is 15.1. The van der Waals surface area contributed by atoms with Crippen LogP contribution in [0.2, 0.25) is 0 Å². The van der Waals surface area contributed by atoms with Crippen molar-refractivity contribution in [2.75, 3.05) is 23.3 Å². The third kappa shape index (κ3) is 4.63. The largest absolute Gasteiger partial charge is 0.478 e. The molecule has 1 aliphatic heterocycles. The Bertz CT molecular complexity index is 790. The van der Waals surface area contributed by atoms with E-state index >= 15 is 4.39 Å². The molecule has 2 fully saturated rings. The minimum atomic E-state index is -1.39. The second kappa shape index (κ2) is 7.44. The van der Waals surface area contributed by atoms with Crippen molar-refractivity contribution in [1.29, 1.82) is 0 Å². The van der Waals surface area contributed by atoms with Gasteiger partial charge in [-0.05, 0) is 46.1 Å². The number of aromatic carboxylic acids is 1. The summed E-state index contributed by atoms with van der Waals surface area (Å²) in [6.45, 7) is 5.76. The van der Waals surface area contributed by atoms with E-state index in [0.717, 1.165) is 18.9 Å². The van der Waals surface area contributed by atoms with Crippen molar-refractivity contribution in [1.82, 2.24) is 5.32 Å². The predicted molar refractivity (Wildman–Crippen MR) is 99.9 cm³/mol. The average molecular weight is 397 g/mol. The van der Waals surface area contributed by atoms with E-state index in [1.54, 1.807) is 20.8 Å². The van der Waals surface area contributed by atoms with E-state index in [0.29, 0.717) is 13.0 Å². The molecule has 0 radical (unpaired) electrons. The first-order chi connectivity index (χ1) is 13.0. The lowest BCUT2D eigenvalue weighted by molar-refractivity contribution is 0.0508. The lowest BCUT2D eigenvalue weighted by Gasteiger charge is -2.24. The van der Waals surface area contributed by atoms with Crippen molar-refractivity contribution in [3.63, 3.8) is 0 Å². The van der Waals surface area contributed by atoms with E-state index in [4.69, 9.17) is 4.74 Å². The maximum Gasteiger partial charge on any atom is 0.407 e. The Kier molecular flexibility index (Phi) is 5.36. The number of carboxylic acids is 1. The standard InChI is InChI=1S/C19H25F2N3O4/c1-19(2,3)28-18(27)23-11-6-7-24(9-11)16-13(20)8-12(17(25)26)15(14(16)21)22-10-4-5-10/h8,10-11,22H,4-7,9H2,1-3H3,(H,23,27)(H,25,26)/t11-/m0/s1. The highest BCUT2D eigenvalue weighted by Gasteiger charge is 2.33. The molecule has 1 aromatic rings. The van der Waals surface area contributed by atoms with Crippen LogP contribution in [0.3, 0.4) is 0 Å². The Morgan fingerprint density at radius 1 is 1.21 bits per heavy atom. The van der Waals surface area contributed by atoms with Crippen molar-refractivity contribution in [2.24, 2.45) is 0 Å². The lowest BCUT2D eigenvalue weighted by Crippen LogP contribution is -2.40. The van der Waals surface area contributed by atoms with Gasteiger partial charge in [0.1, 0.15) is 11.3 Å². The molecule has 9 heteroatoms. The highest BCUT2D eigenvalue weighted by molar-refractivity contribution is 5.95. The summed E-state index contributed by atoms with van der Waals surface area (Å²) < 4.78 is 34.9. The SMILES string of the molecule is CC(C)(C)OC(=O)N[C@H]1CCN(c2c(F)cc(C(=O)O)c(NC3CC3)c2F)C1. The Morgan fingerprint density at radius 3 is 2.46 bits per heavy atom. The van der Waals surface area contributed by atoms with Gasteiger partial charge in [-0.15, -0.1) is 0 Å². The molecule has 3 rings (SSSR count). The van der Waals surface area contributed by atoms with Gasteiger partial charge in [0, 0.05) is 19.1 Å². The zero-order chi connectivity index (χ0) is 20.6. The van der Waals surface area contributed by atoms with Crippen molar-refractivity contribution < 1.29 is 28.2 Å². The van der Waals surface area contributed by atoms with Gasteiger partial charge in [0.25, 0.3) is 0 Å². The zero-order valence-electron chi connectivity index (χ0n) is 16.1. The molecule has 1 saturated heterocycles. The fourth-order valence-electron chi connectivity index (χ4n) is 3.20. The third-order valence-corrected chi connectivity index (χ3v) is 4.58. The number of carbonyl (C=O) groups is 2. The zero-order valence-corrected chi connectivity index (χ0v) is 16.1. The quantitative estimate of drug-likeness (QED) is 0.706. The number of halogens is 2. The summed E-state index contributed by atoms with van der Waals surface area (Å²) in [6, 6.07) is 0.527. The van der Waals surface area contributed by atoms with Crippen molar-refractivity contribution in [3.8, 4) is 0 Å². The summed E-state index contributed by atoms with van der Waals surface area (Å²) in [6.07, 6.45) is 1.54. The summed E-state index contributed by atoms with van der Waals surface area (Å²) >= 11 is 0. The van der Waals surface area contributed by atoms with Crippen LogP contribution in [-0.2, 0) is 4.74 Å². The first-order valence-electron chi connectivity index (χ1n) is 9.31. The van der Waals surface area contributed by atoms with Crippen molar-refractivity contribution >= 4 is 23.4 Å². The number of hydrogen-bond donors (Lipinski definition) is 3. The first-order valence-corrected chi connectivity index (χ1v) is 9.31.